The number of nitro groups is 1. The van der Waals surface area contributed by atoms with Crippen molar-refractivity contribution in [3.8, 4) is 0 Å². The molecule has 2 aromatic rings. The lowest BCUT2D eigenvalue weighted by Crippen LogP contribution is -2.24. The van der Waals surface area contributed by atoms with Gasteiger partial charge in [-0.2, -0.15) is 5.10 Å². The Hall–Kier alpha value is -2.44. The molecule has 7 nitrogen and oxygen atoms in total. The average molecular weight is 260 g/mol. The number of aromatic nitrogens is 2. The summed E-state index contributed by atoms with van der Waals surface area (Å²) in [4.78, 5) is 23.8. The number of carbonyl (C=O) groups excluding carboxylic acids is 1. The molecule has 0 saturated carbocycles. The zero-order chi connectivity index (χ0) is 13.6. The lowest BCUT2D eigenvalue weighted by molar-refractivity contribution is -0.384. The Kier molecular flexibility index (Phi) is 2.48. The van der Waals surface area contributed by atoms with E-state index in [2.05, 4.69) is 5.10 Å². The van der Waals surface area contributed by atoms with E-state index >= 15 is 0 Å². The van der Waals surface area contributed by atoms with E-state index in [9.17, 15) is 14.9 Å². The van der Waals surface area contributed by atoms with Gasteiger partial charge in [-0.3, -0.25) is 24.5 Å². The number of non-ortho nitro benzene ring substituents is 1. The van der Waals surface area contributed by atoms with E-state index in [1.807, 2.05) is 0 Å². The van der Waals surface area contributed by atoms with Gasteiger partial charge in [0.15, 0.2) is 5.82 Å². The normalized spacial score (nSPS) is 15.4. The second kappa shape index (κ2) is 4.04. The first-order chi connectivity index (χ1) is 9.08. The molecule has 0 bridgehead atoms. The molecule has 1 amide bonds. The molecule has 1 aromatic heterocycles. The van der Waals surface area contributed by atoms with Gasteiger partial charge in [-0.15, -0.1) is 0 Å². The molecule has 98 valence electrons. The Labute approximate surface area is 108 Å². The minimum absolute atomic E-state index is 0.0230. The maximum absolute atomic E-state index is 11.8. The molecular formula is C12H12N4O3. The number of fused-ring (bicyclic) bond motifs is 1. The Morgan fingerprint density at radius 2 is 2.21 bits per heavy atom. The molecule has 1 aliphatic heterocycles. The Morgan fingerprint density at radius 3 is 2.84 bits per heavy atom. The summed E-state index contributed by atoms with van der Waals surface area (Å²) in [5.41, 5.74) is 0.679. The van der Waals surface area contributed by atoms with Gasteiger partial charge in [0.1, 0.15) is 0 Å². The fourth-order valence-corrected chi connectivity index (χ4v) is 2.41. The summed E-state index contributed by atoms with van der Waals surface area (Å²) in [7, 11) is 1.72. The number of benzene rings is 1. The van der Waals surface area contributed by atoms with E-state index in [1.165, 1.54) is 12.1 Å². The Morgan fingerprint density at radius 1 is 1.42 bits per heavy atom. The molecule has 0 N–H and O–H groups in total. The molecule has 0 spiro atoms. The molecule has 1 aromatic carbocycles. The van der Waals surface area contributed by atoms with Crippen molar-refractivity contribution in [1.82, 2.24) is 9.78 Å². The van der Waals surface area contributed by atoms with Crippen LogP contribution in [0.2, 0.25) is 0 Å². The summed E-state index contributed by atoms with van der Waals surface area (Å²) in [6.07, 6.45) is 1.36. The van der Waals surface area contributed by atoms with Gasteiger partial charge in [0, 0.05) is 37.5 Å². The molecule has 1 aliphatic rings. The van der Waals surface area contributed by atoms with Crippen LogP contribution in [0.4, 0.5) is 11.5 Å². The van der Waals surface area contributed by atoms with E-state index in [4.69, 9.17) is 0 Å². The maximum Gasteiger partial charge on any atom is 0.271 e. The number of hydrogen-bond acceptors (Lipinski definition) is 4. The fourth-order valence-electron chi connectivity index (χ4n) is 2.41. The first-order valence-corrected chi connectivity index (χ1v) is 5.99. The van der Waals surface area contributed by atoms with Crippen LogP contribution in [0.15, 0.2) is 18.2 Å². The van der Waals surface area contributed by atoms with Crippen molar-refractivity contribution < 1.29 is 9.72 Å². The summed E-state index contributed by atoms with van der Waals surface area (Å²) in [5.74, 6) is 0.647. The van der Waals surface area contributed by atoms with Crippen LogP contribution in [-0.2, 0) is 11.8 Å². The highest BCUT2D eigenvalue weighted by Gasteiger charge is 2.26. The van der Waals surface area contributed by atoms with E-state index in [0.717, 1.165) is 11.8 Å². The topological polar surface area (TPSA) is 81.3 Å². The number of nitrogens with zero attached hydrogens (tertiary/aromatic N) is 4. The van der Waals surface area contributed by atoms with Gasteiger partial charge in [-0.1, -0.05) is 0 Å². The molecule has 3 rings (SSSR count). The second-order valence-corrected chi connectivity index (χ2v) is 4.55. The van der Waals surface area contributed by atoms with Gasteiger partial charge in [0.2, 0.25) is 5.91 Å². The highest BCUT2D eigenvalue weighted by molar-refractivity contribution is 6.03. The molecule has 0 atom stereocenters. The van der Waals surface area contributed by atoms with Crippen molar-refractivity contribution in [1.29, 1.82) is 0 Å². The SMILES string of the molecule is Cn1nc(N2CCCC2=O)c2ccc([N+](=O)[O-])cc21. The first kappa shape index (κ1) is 11.6. The molecule has 0 aliphatic carbocycles. The van der Waals surface area contributed by atoms with Crippen LogP contribution >= 0.6 is 0 Å². The number of aryl methyl sites for hydroxylation is 1. The minimum atomic E-state index is -0.437. The van der Waals surface area contributed by atoms with Crippen molar-refractivity contribution in [3.63, 3.8) is 0 Å². The first-order valence-electron chi connectivity index (χ1n) is 5.99. The van der Waals surface area contributed by atoms with Crippen molar-refractivity contribution in [3.05, 3.63) is 28.3 Å². The largest absolute Gasteiger partial charge is 0.295 e. The van der Waals surface area contributed by atoms with E-state index in [1.54, 1.807) is 22.7 Å². The molecule has 0 unspecified atom stereocenters. The molecule has 1 saturated heterocycles. The predicted octanol–water partition coefficient (Wildman–Crippen LogP) is 1.61. The quantitative estimate of drug-likeness (QED) is 0.606. The third-order valence-corrected chi connectivity index (χ3v) is 3.36. The van der Waals surface area contributed by atoms with Crippen LogP contribution in [0, 0.1) is 10.1 Å². The van der Waals surface area contributed by atoms with Gasteiger partial charge in [0.05, 0.1) is 10.4 Å². The van der Waals surface area contributed by atoms with E-state index < -0.39 is 4.92 Å². The van der Waals surface area contributed by atoms with Crippen LogP contribution in [0.5, 0.6) is 0 Å². The van der Waals surface area contributed by atoms with Crippen LogP contribution in [0.25, 0.3) is 10.9 Å². The van der Waals surface area contributed by atoms with E-state index in [0.29, 0.717) is 24.3 Å². The summed E-state index contributed by atoms with van der Waals surface area (Å²) < 4.78 is 1.57. The van der Waals surface area contributed by atoms with Gasteiger partial charge in [0.25, 0.3) is 5.69 Å². The maximum atomic E-state index is 11.8. The van der Waals surface area contributed by atoms with Crippen LogP contribution < -0.4 is 4.90 Å². The van der Waals surface area contributed by atoms with Crippen molar-refractivity contribution in [2.45, 2.75) is 12.8 Å². The summed E-state index contributed by atoms with van der Waals surface area (Å²) in [6.45, 7) is 0.655. The number of anilines is 1. The summed E-state index contributed by atoms with van der Waals surface area (Å²) >= 11 is 0. The number of rotatable bonds is 2. The third kappa shape index (κ3) is 1.74. The molecule has 7 heteroatoms. The van der Waals surface area contributed by atoms with Gasteiger partial charge in [-0.05, 0) is 12.5 Å². The van der Waals surface area contributed by atoms with E-state index in [-0.39, 0.29) is 11.6 Å². The molecule has 19 heavy (non-hydrogen) atoms. The zero-order valence-electron chi connectivity index (χ0n) is 10.4. The van der Waals surface area contributed by atoms with Gasteiger partial charge >= 0.3 is 0 Å². The van der Waals surface area contributed by atoms with Crippen LogP contribution in [-0.4, -0.2) is 27.2 Å². The van der Waals surface area contributed by atoms with Crippen LogP contribution in [0.1, 0.15) is 12.8 Å². The second-order valence-electron chi connectivity index (χ2n) is 4.55. The summed E-state index contributed by atoms with van der Waals surface area (Å²) in [6, 6.07) is 4.57. The highest BCUT2D eigenvalue weighted by Crippen LogP contribution is 2.30. The number of amides is 1. The number of carbonyl (C=O) groups is 1. The fraction of sp³-hybridized carbons (Fsp3) is 0.333. The monoisotopic (exact) mass is 260 g/mol. The Bertz CT molecular complexity index is 692. The van der Waals surface area contributed by atoms with Gasteiger partial charge < -0.3 is 0 Å². The predicted molar refractivity (Wildman–Crippen MR) is 69.0 cm³/mol. The minimum Gasteiger partial charge on any atom is -0.295 e. The van der Waals surface area contributed by atoms with Crippen molar-refractivity contribution in [2.24, 2.45) is 7.05 Å². The lowest BCUT2D eigenvalue weighted by atomic mass is 10.2. The van der Waals surface area contributed by atoms with Crippen molar-refractivity contribution >= 4 is 28.3 Å². The number of hydrogen-bond donors (Lipinski definition) is 0. The smallest absolute Gasteiger partial charge is 0.271 e. The van der Waals surface area contributed by atoms with Crippen molar-refractivity contribution in [2.75, 3.05) is 11.4 Å². The molecule has 0 radical (unpaired) electrons. The van der Waals surface area contributed by atoms with Crippen LogP contribution in [0.3, 0.4) is 0 Å². The molecular weight excluding hydrogens is 248 g/mol. The lowest BCUT2D eigenvalue weighted by Gasteiger charge is -2.11. The standard InChI is InChI=1S/C12H12N4O3/c1-14-10-7-8(16(18)19)4-5-9(10)12(13-14)15-6-2-3-11(15)17/h4-5,7H,2-3,6H2,1H3. The molecule has 2 heterocycles. The molecule has 1 fully saturated rings. The zero-order valence-corrected chi connectivity index (χ0v) is 10.4. The average Bonchev–Trinajstić information content (AvgIpc) is 2.93. The number of nitro benzene ring substituents is 1. The van der Waals surface area contributed by atoms with Gasteiger partial charge in [-0.25, -0.2) is 0 Å². The Balaban J connectivity index is 2.17. The highest BCUT2D eigenvalue weighted by atomic mass is 16.6. The summed E-state index contributed by atoms with van der Waals surface area (Å²) in [5, 5.41) is 15.9. The third-order valence-electron chi connectivity index (χ3n) is 3.36.